The van der Waals surface area contributed by atoms with E-state index in [0.29, 0.717) is 43.4 Å². The van der Waals surface area contributed by atoms with Crippen LogP contribution in [-0.2, 0) is 27.2 Å². The normalized spacial score (nSPS) is 17.5. The Balaban J connectivity index is 0.00000358. The second-order valence-electron chi connectivity index (χ2n) is 16.4. The third kappa shape index (κ3) is 10.9. The zero-order valence-electron chi connectivity index (χ0n) is 38.0. The summed E-state index contributed by atoms with van der Waals surface area (Å²) in [6.07, 6.45) is 7.58. The SMILES string of the molecule is C=N/C(C)=C(\C(C)=NCCN1CCN(C)CC1)c1c(Cl)ccc2c(CCCOC3C=C(C)C(Cl)=C(C)C3)c(-c3cn(CCOC)c4ccc(C=O)cc34)n([C@H](C)CNC)c12.C=O. The van der Waals surface area contributed by atoms with Gasteiger partial charge in [0, 0.05) is 127 Å². The molecule has 2 aromatic carbocycles. The molecule has 3 heterocycles. The largest absolute Gasteiger partial charge is 0.383 e. The molecule has 0 bridgehead atoms. The summed E-state index contributed by atoms with van der Waals surface area (Å²) in [7, 11) is 5.89. The zero-order valence-corrected chi connectivity index (χ0v) is 39.5. The van der Waals surface area contributed by atoms with Gasteiger partial charge in [0.05, 0.1) is 35.5 Å². The third-order valence-corrected chi connectivity index (χ3v) is 13.1. The third-order valence-electron chi connectivity index (χ3n) is 12.1. The monoisotopic (exact) mass is 885 g/mol. The predicted molar refractivity (Wildman–Crippen MR) is 260 cm³/mol. The van der Waals surface area contributed by atoms with Crippen molar-refractivity contribution in [3.63, 3.8) is 0 Å². The number of hydrogen-bond acceptors (Lipinski definition) is 9. The fourth-order valence-corrected chi connectivity index (χ4v) is 9.34. The van der Waals surface area contributed by atoms with E-state index in [1.54, 1.807) is 7.11 Å². The number of rotatable bonds is 19. The van der Waals surface area contributed by atoms with E-state index in [0.717, 1.165) is 130 Å². The van der Waals surface area contributed by atoms with Crippen molar-refractivity contribution in [2.75, 3.05) is 80.2 Å². The molecule has 11 nitrogen and oxygen atoms in total. The lowest BCUT2D eigenvalue weighted by molar-refractivity contribution is -0.0980. The molecule has 1 N–H and O–H groups in total. The Kier molecular flexibility index (Phi) is 18.1. The van der Waals surface area contributed by atoms with Gasteiger partial charge in [-0.3, -0.25) is 19.7 Å². The maximum Gasteiger partial charge on any atom is 0.150 e. The van der Waals surface area contributed by atoms with E-state index in [9.17, 15) is 4.79 Å². The van der Waals surface area contributed by atoms with E-state index in [1.165, 1.54) is 5.56 Å². The van der Waals surface area contributed by atoms with Gasteiger partial charge in [-0.05, 0) is 110 Å². The molecule has 1 aliphatic carbocycles. The van der Waals surface area contributed by atoms with Crippen molar-refractivity contribution in [2.24, 2.45) is 9.98 Å². The second-order valence-corrected chi connectivity index (χ2v) is 17.2. The number of benzene rings is 2. The van der Waals surface area contributed by atoms with Gasteiger partial charge in [0.25, 0.3) is 0 Å². The number of nitrogens with zero attached hydrogens (tertiary/aromatic N) is 6. The van der Waals surface area contributed by atoms with Crippen LogP contribution in [-0.4, -0.2) is 131 Å². The number of ether oxygens (including phenoxy) is 2. The van der Waals surface area contributed by atoms with Crippen molar-refractivity contribution >= 4 is 76.1 Å². The number of aliphatic imine (C=N–C) groups is 2. The van der Waals surface area contributed by atoms with Gasteiger partial charge in [0.1, 0.15) is 13.1 Å². The Bertz CT molecular complexity index is 2350. The highest BCUT2D eigenvalue weighted by atomic mass is 35.5. The number of carbonyl (C=O) groups is 2. The quantitative estimate of drug-likeness (QED) is 0.0569. The van der Waals surface area contributed by atoms with E-state index >= 15 is 0 Å². The van der Waals surface area contributed by atoms with Gasteiger partial charge in [-0.1, -0.05) is 40.9 Å². The van der Waals surface area contributed by atoms with Crippen LogP contribution in [0.4, 0.5) is 0 Å². The van der Waals surface area contributed by atoms with Crippen molar-refractivity contribution in [3.8, 4) is 11.3 Å². The topological polar surface area (TPSA) is 106 Å². The van der Waals surface area contributed by atoms with E-state index in [1.807, 2.05) is 51.9 Å². The maximum absolute atomic E-state index is 12.3. The van der Waals surface area contributed by atoms with Gasteiger partial charge < -0.3 is 33.6 Å². The van der Waals surface area contributed by atoms with E-state index in [2.05, 4.69) is 82.1 Å². The summed E-state index contributed by atoms with van der Waals surface area (Å²) in [4.78, 5) is 34.9. The lowest BCUT2D eigenvalue weighted by atomic mass is 9.95. The lowest BCUT2D eigenvalue weighted by Gasteiger charge is -2.31. The number of hydrogen-bond donors (Lipinski definition) is 1. The molecule has 1 unspecified atom stereocenters. The van der Waals surface area contributed by atoms with E-state index in [-0.39, 0.29) is 12.1 Å². The van der Waals surface area contributed by atoms with Crippen LogP contribution in [0.3, 0.4) is 0 Å². The van der Waals surface area contributed by atoms with Crippen LogP contribution in [0, 0.1) is 0 Å². The van der Waals surface area contributed by atoms with E-state index in [4.69, 9.17) is 42.5 Å². The van der Waals surface area contributed by atoms with Gasteiger partial charge in [-0.15, -0.1) is 0 Å². The molecule has 6 rings (SSSR count). The lowest BCUT2D eigenvalue weighted by Crippen LogP contribution is -2.45. The number of allylic oxidation sites excluding steroid dienone is 4. The van der Waals surface area contributed by atoms with E-state index < -0.39 is 0 Å². The molecule has 62 heavy (non-hydrogen) atoms. The van der Waals surface area contributed by atoms with Crippen LogP contribution in [0.5, 0.6) is 0 Å². The molecule has 0 amide bonds. The molecule has 13 heteroatoms. The Hall–Kier alpha value is -4.20. The fraction of sp³-hybridized carbons (Fsp3) is 0.469. The van der Waals surface area contributed by atoms with Crippen LogP contribution in [0.1, 0.15) is 75.0 Å². The Morgan fingerprint density at radius 1 is 1.05 bits per heavy atom. The van der Waals surface area contributed by atoms with Crippen LogP contribution < -0.4 is 5.32 Å². The van der Waals surface area contributed by atoms with Crippen molar-refractivity contribution in [1.29, 1.82) is 0 Å². The highest BCUT2D eigenvalue weighted by Crippen LogP contribution is 2.46. The molecule has 0 saturated carbocycles. The number of carbonyl (C=O) groups excluding carboxylic acids is 2. The summed E-state index contributed by atoms with van der Waals surface area (Å²) in [6.45, 7) is 24.7. The molecule has 0 radical (unpaired) electrons. The van der Waals surface area contributed by atoms with Gasteiger partial charge in [-0.2, -0.15) is 0 Å². The summed E-state index contributed by atoms with van der Waals surface area (Å²) < 4.78 is 16.8. The van der Waals surface area contributed by atoms with Crippen molar-refractivity contribution in [3.05, 3.63) is 86.2 Å². The smallest absolute Gasteiger partial charge is 0.150 e. The first-order chi connectivity index (χ1) is 29.9. The molecular weight excluding hydrogens is 821 g/mol. The number of methoxy groups -OCH3 is 1. The average molecular weight is 887 g/mol. The minimum absolute atomic E-state index is 0.0102. The zero-order chi connectivity index (χ0) is 45.1. The van der Waals surface area contributed by atoms with Gasteiger partial charge in [0.15, 0.2) is 0 Å². The first-order valence-corrected chi connectivity index (χ1v) is 22.3. The summed E-state index contributed by atoms with van der Waals surface area (Å²) in [5.41, 5.74) is 11.7. The van der Waals surface area contributed by atoms with Crippen molar-refractivity contribution < 1.29 is 19.1 Å². The molecule has 1 saturated heterocycles. The number of fused-ring (bicyclic) bond motifs is 2. The van der Waals surface area contributed by atoms with Gasteiger partial charge >= 0.3 is 0 Å². The summed E-state index contributed by atoms with van der Waals surface area (Å²) >= 11 is 14.0. The second kappa shape index (κ2) is 22.9. The molecular formula is C49H65Cl2N7O4. The van der Waals surface area contributed by atoms with Crippen LogP contribution in [0.25, 0.3) is 38.6 Å². The highest BCUT2D eigenvalue weighted by Gasteiger charge is 2.29. The summed E-state index contributed by atoms with van der Waals surface area (Å²) in [6, 6.07) is 10.1. The molecule has 334 valence electrons. The van der Waals surface area contributed by atoms with Gasteiger partial charge in [0.2, 0.25) is 0 Å². The Morgan fingerprint density at radius 2 is 1.79 bits per heavy atom. The highest BCUT2D eigenvalue weighted by molar-refractivity contribution is 6.38. The number of likely N-dealkylation sites (N-methyl/N-ethyl adjacent to an activating group) is 2. The minimum atomic E-state index is -0.0181. The minimum Gasteiger partial charge on any atom is -0.383 e. The standard InChI is InChI=1S/C48H63Cl2N7O3.CH2O/c1-31-25-37(26-32(2)46(31)50)60-23-10-11-38-39-13-14-42(49)45(44(34(4)52-7)35(5)53-16-17-55-20-18-54(8)19-21-55)48(39)57(33(3)28-51-6)47(38)41-29-56(22-24-59-9)43-15-12-36(30-58)27-40(41)43;1-2/h12-15,25,27,29-30,33,37,51H,7,10-11,16-24,26,28H2,1-6,8-9H3;1H2/b44-34+,53-35?;/t33-,37?;/m1./s1. The number of halogens is 2. The molecule has 2 atom stereocenters. The Labute approximate surface area is 378 Å². The maximum atomic E-state index is 12.3. The fourth-order valence-electron chi connectivity index (χ4n) is 8.95. The van der Waals surface area contributed by atoms with Crippen LogP contribution in [0.15, 0.2) is 74.5 Å². The number of nitrogens with one attached hydrogen (secondary N) is 1. The summed E-state index contributed by atoms with van der Waals surface area (Å²) in [5, 5.41) is 7.03. The Morgan fingerprint density at radius 3 is 2.45 bits per heavy atom. The average Bonchev–Trinajstić information content (AvgIpc) is 3.80. The van der Waals surface area contributed by atoms with Crippen LogP contribution in [0.2, 0.25) is 5.02 Å². The van der Waals surface area contributed by atoms with Crippen molar-refractivity contribution in [1.82, 2.24) is 24.3 Å². The first kappa shape index (κ1) is 48.8. The summed E-state index contributed by atoms with van der Waals surface area (Å²) in [5.74, 6) is 0. The molecule has 1 aliphatic heterocycles. The number of aldehydes is 1. The molecule has 1 fully saturated rings. The molecule has 4 aromatic rings. The number of aryl methyl sites for hydroxylation is 1. The first-order valence-electron chi connectivity index (χ1n) is 21.5. The predicted octanol–water partition coefficient (Wildman–Crippen LogP) is 9.29. The molecule has 0 spiro atoms. The number of piperazine rings is 1. The molecule has 2 aromatic heterocycles. The van der Waals surface area contributed by atoms with Crippen LogP contribution >= 0.6 is 23.2 Å². The van der Waals surface area contributed by atoms with Gasteiger partial charge in [-0.25, -0.2) is 0 Å². The molecule has 2 aliphatic rings. The number of aromatic nitrogens is 2. The van der Waals surface area contributed by atoms with Crippen molar-refractivity contribution in [2.45, 2.75) is 72.6 Å².